The molecule has 0 radical (unpaired) electrons. The average molecular weight is 689 g/mol. The number of benzene rings is 2. The van der Waals surface area contributed by atoms with Crippen molar-refractivity contribution in [3.63, 3.8) is 0 Å². The molecule has 2 aromatic carbocycles. The Bertz CT molecular complexity index is 1630. The molecule has 16 heteroatoms. The maximum absolute atomic E-state index is 12.9. The molecule has 48 heavy (non-hydrogen) atoms. The number of alkyl halides is 3. The number of ether oxygens (including phenoxy) is 1. The third-order valence-electron chi connectivity index (χ3n) is 7.79. The molecule has 1 heterocycles. The Morgan fingerprint density at radius 2 is 1.50 bits per heavy atom. The third-order valence-corrected chi connectivity index (χ3v) is 8.04. The highest BCUT2D eigenvalue weighted by Crippen LogP contribution is 2.48. The van der Waals surface area contributed by atoms with Gasteiger partial charge in [0.15, 0.2) is 6.61 Å². The Kier molecular flexibility index (Phi) is 10.3. The monoisotopic (exact) mass is 688 g/mol. The second-order valence-corrected chi connectivity index (χ2v) is 13.2. The summed E-state index contributed by atoms with van der Waals surface area (Å²) >= 11 is 6.02. The lowest BCUT2D eigenvalue weighted by Crippen LogP contribution is -2.46. The second-order valence-electron chi connectivity index (χ2n) is 12.8. The predicted octanol–water partition coefficient (Wildman–Crippen LogP) is 4.71. The highest BCUT2D eigenvalue weighted by atomic mass is 35.5. The fraction of sp³-hybridized carbons (Fsp3) is 0.438. The largest absolute Gasteiger partial charge is 0.454 e. The summed E-state index contributed by atoms with van der Waals surface area (Å²) in [6.45, 7) is 2.98. The van der Waals surface area contributed by atoms with Crippen LogP contribution in [0.5, 0.6) is 6.01 Å². The number of carbonyl (C=O) groups excluding carboxylic acids is 3. The molecule has 3 aromatic rings. The SMILES string of the molecule is CC(C)(CNC(=O)C(=O)NCC1CC1)CNC(=O)c1ccc(Nc2nc(NC3(c4ccc(Cl)cc4)CC3)nc(OCC(F)(F)F)n2)cc1. The smallest absolute Gasteiger partial charge is 0.422 e. The van der Waals surface area contributed by atoms with E-state index in [0.29, 0.717) is 28.7 Å². The number of halogens is 4. The summed E-state index contributed by atoms with van der Waals surface area (Å²) in [7, 11) is 0. The number of hydrogen-bond donors (Lipinski definition) is 5. The zero-order valence-electron chi connectivity index (χ0n) is 26.3. The minimum absolute atomic E-state index is 0.0193. The molecule has 0 spiro atoms. The molecule has 5 N–H and O–H groups in total. The van der Waals surface area contributed by atoms with Crippen LogP contribution in [0.4, 0.5) is 30.8 Å². The van der Waals surface area contributed by atoms with Gasteiger partial charge in [-0.1, -0.05) is 37.6 Å². The molecule has 0 bridgehead atoms. The lowest BCUT2D eigenvalue weighted by Gasteiger charge is -2.25. The number of hydrogen-bond acceptors (Lipinski definition) is 9. The Hall–Kier alpha value is -4.66. The van der Waals surface area contributed by atoms with E-state index in [1.807, 2.05) is 26.0 Å². The molecule has 2 saturated carbocycles. The van der Waals surface area contributed by atoms with Crippen LogP contribution in [0.15, 0.2) is 48.5 Å². The fourth-order valence-electron chi connectivity index (χ4n) is 4.63. The molecule has 0 aliphatic heterocycles. The summed E-state index contributed by atoms with van der Waals surface area (Å²) in [5.74, 6) is -1.35. The Morgan fingerprint density at radius 1 is 0.875 bits per heavy atom. The normalized spacial score (nSPS) is 15.2. The van der Waals surface area contributed by atoms with Crippen LogP contribution in [0.1, 0.15) is 55.5 Å². The molecule has 0 unspecified atom stereocenters. The van der Waals surface area contributed by atoms with Crippen LogP contribution >= 0.6 is 11.6 Å². The van der Waals surface area contributed by atoms with E-state index < -0.39 is 41.6 Å². The molecule has 3 amide bonds. The number of rotatable bonds is 14. The van der Waals surface area contributed by atoms with Crippen molar-refractivity contribution in [3.8, 4) is 6.01 Å². The van der Waals surface area contributed by atoms with Crippen LogP contribution in [-0.2, 0) is 15.1 Å². The van der Waals surface area contributed by atoms with Crippen molar-refractivity contribution in [2.45, 2.75) is 51.2 Å². The van der Waals surface area contributed by atoms with Crippen molar-refractivity contribution in [1.82, 2.24) is 30.9 Å². The summed E-state index contributed by atoms with van der Waals surface area (Å²) < 4.78 is 43.5. The van der Waals surface area contributed by atoms with Gasteiger partial charge in [-0.3, -0.25) is 14.4 Å². The van der Waals surface area contributed by atoms with Crippen LogP contribution in [0.3, 0.4) is 0 Å². The molecule has 1 aromatic heterocycles. The summed E-state index contributed by atoms with van der Waals surface area (Å²) in [6, 6.07) is 13.0. The van der Waals surface area contributed by atoms with Crippen LogP contribution in [0, 0.1) is 11.3 Å². The summed E-state index contributed by atoms with van der Waals surface area (Å²) in [5, 5.41) is 14.8. The van der Waals surface area contributed by atoms with Gasteiger partial charge in [-0.15, -0.1) is 0 Å². The van der Waals surface area contributed by atoms with Gasteiger partial charge in [0.25, 0.3) is 5.91 Å². The minimum atomic E-state index is -4.60. The van der Waals surface area contributed by atoms with Gasteiger partial charge in [-0.05, 0) is 79.0 Å². The number of amides is 3. The molecule has 2 fully saturated rings. The molecule has 0 saturated heterocycles. The third kappa shape index (κ3) is 10.2. The van der Waals surface area contributed by atoms with Crippen molar-refractivity contribution in [1.29, 1.82) is 0 Å². The summed E-state index contributed by atoms with van der Waals surface area (Å²) in [5.41, 5.74) is 0.655. The van der Waals surface area contributed by atoms with Gasteiger partial charge in [0.1, 0.15) is 0 Å². The zero-order valence-corrected chi connectivity index (χ0v) is 27.1. The summed E-state index contributed by atoms with van der Waals surface area (Å²) in [4.78, 5) is 49.3. The van der Waals surface area contributed by atoms with E-state index in [0.717, 1.165) is 31.2 Å². The second kappa shape index (κ2) is 14.2. The summed E-state index contributed by atoms with van der Waals surface area (Å²) in [6.07, 6.45) is -0.990. The van der Waals surface area contributed by atoms with Gasteiger partial charge in [0.2, 0.25) is 11.9 Å². The maximum atomic E-state index is 12.9. The van der Waals surface area contributed by atoms with E-state index in [2.05, 4.69) is 41.5 Å². The molecule has 0 atom stereocenters. The Labute approximate surface area is 280 Å². The standard InChI is InChI=1S/C32H36ClF3N8O4/c1-30(2,17-39-26(47)25(46)37-15-19-3-4-19)16-38-24(45)20-5-11-23(12-6-20)40-27-41-28(43-29(42-27)48-18-32(34,35)36)44-31(13-14-31)21-7-9-22(33)10-8-21/h5-12,19H,3-4,13-18H2,1-2H3,(H,37,46)(H,38,45)(H,39,47)(H2,40,41,42,43,44). The number of anilines is 3. The molecule has 5 rings (SSSR count). The van der Waals surface area contributed by atoms with Gasteiger partial charge >= 0.3 is 24.0 Å². The first-order valence-electron chi connectivity index (χ1n) is 15.4. The first kappa shape index (κ1) is 34.7. The van der Waals surface area contributed by atoms with Crippen molar-refractivity contribution in [2.24, 2.45) is 11.3 Å². The van der Waals surface area contributed by atoms with Crippen LogP contribution in [-0.4, -0.2) is 65.1 Å². The number of nitrogens with zero attached hydrogens (tertiary/aromatic N) is 3. The molecular formula is C32H36ClF3N8O4. The lowest BCUT2D eigenvalue weighted by atomic mass is 9.93. The van der Waals surface area contributed by atoms with Crippen LogP contribution in [0.2, 0.25) is 5.02 Å². The minimum Gasteiger partial charge on any atom is -0.454 e. The van der Waals surface area contributed by atoms with Crippen molar-refractivity contribution in [3.05, 3.63) is 64.7 Å². The fourth-order valence-corrected chi connectivity index (χ4v) is 4.76. The Balaban J connectivity index is 1.18. The quantitative estimate of drug-likeness (QED) is 0.151. The first-order valence-corrected chi connectivity index (χ1v) is 15.8. The van der Waals surface area contributed by atoms with E-state index in [1.165, 1.54) is 0 Å². The topological polar surface area (TPSA) is 159 Å². The van der Waals surface area contributed by atoms with Gasteiger partial charge in [0, 0.05) is 35.9 Å². The molecule has 12 nitrogen and oxygen atoms in total. The predicted molar refractivity (Wildman–Crippen MR) is 172 cm³/mol. The van der Waals surface area contributed by atoms with Gasteiger partial charge < -0.3 is 31.3 Å². The highest BCUT2D eigenvalue weighted by Gasteiger charge is 2.45. The van der Waals surface area contributed by atoms with Crippen molar-refractivity contribution in [2.75, 3.05) is 36.9 Å². The molecular weight excluding hydrogens is 653 g/mol. The Morgan fingerprint density at radius 3 is 2.12 bits per heavy atom. The molecule has 2 aliphatic carbocycles. The van der Waals surface area contributed by atoms with Crippen molar-refractivity contribution < 1.29 is 32.3 Å². The van der Waals surface area contributed by atoms with Crippen LogP contribution < -0.4 is 31.3 Å². The average Bonchev–Trinajstić information content (AvgIpc) is 3.98. The van der Waals surface area contributed by atoms with Gasteiger partial charge in [-0.2, -0.15) is 28.1 Å². The van der Waals surface area contributed by atoms with E-state index in [9.17, 15) is 27.6 Å². The first-order chi connectivity index (χ1) is 22.7. The number of aromatic nitrogens is 3. The van der Waals surface area contributed by atoms with Crippen molar-refractivity contribution >= 4 is 46.9 Å². The van der Waals surface area contributed by atoms with E-state index in [1.54, 1.807) is 36.4 Å². The van der Waals surface area contributed by atoms with Gasteiger partial charge in [-0.25, -0.2) is 0 Å². The maximum Gasteiger partial charge on any atom is 0.422 e. The van der Waals surface area contributed by atoms with Crippen LogP contribution in [0.25, 0.3) is 0 Å². The van der Waals surface area contributed by atoms with E-state index in [-0.39, 0.29) is 30.9 Å². The zero-order chi connectivity index (χ0) is 34.5. The van der Waals surface area contributed by atoms with E-state index in [4.69, 9.17) is 16.3 Å². The highest BCUT2D eigenvalue weighted by molar-refractivity contribution is 6.35. The lowest BCUT2D eigenvalue weighted by molar-refractivity contribution is -0.154. The molecule has 256 valence electrons. The molecule has 2 aliphatic rings. The van der Waals surface area contributed by atoms with E-state index >= 15 is 0 Å². The number of carbonyl (C=O) groups is 3. The van der Waals surface area contributed by atoms with Gasteiger partial charge in [0.05, 0.1) is 5.54 Å². The number of nitrogens with one attached hydrogen (secondary N) is 5.